The fourth-order valence-corrected chi connectivity index (χ4v) is 1.55. The van der Waals surface area contributed by atoms with Gasteiger partial charge in [0.1, 0.15) is 5.75 Å². The molecular weight excluding hydrogens is 240 g/mol. The van der Waals surface area contributed by atoms with Gasteiger partial charge in [-0.1, -0.05) is 24.9 Å². The van der Waals surface area contributed by atoms with E-state index in [1.807, 2.05) is 0 Å². The van der Waals surface area contributed by atoms with Gasteiger partial charge < -0.3 is 15.8 Å². The topological polar surface area (TPSA) is 64.4 Å². The number of ether oxygens (including phenoxy) is 1. The molecule has 0 radical (unpaired) electrons. The highest BCUT2D eigenvalue weighted by Gasteiger charge is 2.14. The van der Waals surface area contributed by atoms with Crippen molar-refractivity contribution in [2.45, 2.75) is 19.8 Å². The first kappa shape index (κ1) is 13.6. The predicted molar refractivity (Wildman–Crippen MR) is 69.7 cm³/mol. The van der Waals surface area contributed by atoms with E-state index in [9.17, 15) is 4.79 Å². The summed E-state index contributed by atoms with van der Waals surface area (Å²) in [6.07, 6.45) is 1.97. The second-order valence-corrected chi connectivity index (χ2v) is 4.09. The van der Waals surface area contributed by atoms with E-state index in [0.717, 1.165) is 12.8 Å². The summed E-state index contributed by atoms with van der Waals surface area (Å²) in [6, 6.07) is 3.08. The van der Waals surface area contributed by atoms with E-state index < -0.39 is 0 Å². The molecule has 0 bridgehead atoms. The van der Waals surface area contributed by atoms with Crippen molar-refractivity contribution >= 4 is 23.2 Å². The van der Waals surface area contributed by atoms with Gasteiger partial charge in [-0.3, -0.25) is 4.79 Å². The molecule has 0 atom stereocenters. The van der Waals surface area contributed by atoms with Crippen molar-refractivity contribution < 1.29 is 9.53 Å². The molecule has 1 amide bonds. The zero-order valence-corrected chi connectivity index (χ0v) is 10.8. The van der Waals surface area contributed by atoms with E-state index in [0.29, 0.717) is 28.6 Å². The van der Waals surface area contributed by atoms with Gasteiger partial charge in [0.15, 0.2) is 0 Å². The summed E-state index contributed by atoms with van der Waals surface area (Å²) in [5.74, 6) is 0.234. The highest BCUT2D eigenvalue weighted by Crippen LogP contribution is 2.28. The van der Waals surface area contributed by atoms with E-state index in [-0.39, 0.29) is 5.91 Å². The molecule has 0 aromatic heterocycles. The van der Waals surface area contributed by atoms with Gasteiger partial charge in [0, 0.05) is 12.6 Å². The fraction of sp³-hybridized carbons (Fsp3) is 0.417. The zero-order valence-electron chi connectivity index (χ0n) is 10.0. The summed E-state index contributed by atoms with van der Waals surface area (Å²) in [6.45, 7) is 2.70. The molecule has 0 unspecified atom stereocenters. The number of halogens is 1. The summed E-state index contributed by atoms with van der Waals surface area (Å²) in [5.41, 5.74) is 6.45. The molecule has 0 spiro atoms. The summed E-state index contributed by atoms with van der Waals surface area (Å²) < 4.78 is 5.11. The molecule has 0 heterocycles. The smallest absolute Gasteiger partial charge is 0.255 e. The molecule has 0 aliphatic carbocycles. The lowest BCUT2D eigenvalue weighted by atomic mass is 10.1. The van der Waals surface area contributed by atoms with Gasteiger partial charge >= 0.3 is 0 Å². The Kier molecular flexibility index (Phi) is 5.10. The molecule has 0 saturated carbocycles. The number of amides is 1. The Morgan fingerprint density at radius 3 is 2.82 bits per heavy atom. The number of hydrogen-bond acceptors (Lipinski definition) is 3. The minimum Gasteiger partial charge on any atom is -0.496 e. The van der Waals surface area contributed by atoms with E-state index in [1.54, 1.807) is 6.07 Å². The third-order valence-corrected chi connectivity index (χ3v) is 2.71. The zero-order chi connectivity index (χ0) is 12.8. The quantitative estimate of drug-likeness (QED) is 0.628. The summed E-state index contributed by atoms with van der Waals surface area (Å²) in [4.78, 5) is 11.9. The number of rotatable bonds is 5. The molecule has 0 fully saturated rings. The van der Waals surface area contributed by atoms with Gasteiger partial charge in [0.25, 0.3) is 5.91 Å². The fourth-order valence-electron chi connectivity index (χ4n) is 1.39. The number of methoxy groups -OCH3 is 1. The van der Waals surface area contributed by atoms with Crippen molar-refractivity contribution in [1.29, 1.82) is 0 Å². The second-order valence-electron chi connectivity index (χ2n) is 3.68. The molecule has 94 valence electrons. The highest BCUT2D eigenvalue weighted by molar-refractivity contribution is 6.33. The Hall–Kier alpha value is -1.42. The monoisotopic (exact) mass is 256 g/mol. The number of carbonyl (C=O) groups excluding carboxylic acids is 1. The summed E-state index contributed by atoms with van der Waals surface area (Å²) >= 11 is 5.89. The Morgan fingerprint density at radius 2 is 2.24 bits per heavy atom. The molecule has 0 aliphatic rings. The Morgan fingerprint density at radius 1 is 1.53 bits per heavy atom. The first-order valence-corrected chi connectivity index (χ1v) is 5.89. The SMILES string of the molecule is CCCCNC(=O)c1cc(Cl)c(N)cc1OC. The van der Waals surface area contributed by atoms with Gasteiger partial charge in [-0.25, -0.2) is 0 Å². The van der Waals surface area contributed by atoms with Gasteiger partial charge in [-0.15, -0.1) is 0 Å². The van der Waals surface area contributed by atoms with Crippen molar-refractivity contribution in [2.24, 2.45) is 0 Å². The van der Waals surface area contributed by atoms with Crippen LogP contribution in [-0.4, -0.2) is 19.6 Å². The Bertz CT molecular complexity index is 408. The average Bonchev–Trinajstić information content (AvgIpc) is 2.32. The average molecular weight is 257 g/mol. The third-order valence-electron chi connectivity index (χ3n) is 2.38. The van der Waals surface area contributed by atoms with Crippen LogP contribution in [0.4, 0.5) is 5.69 Å². The lowest BCUT2D eigenvalue weighted by Crippen LogP contribution is -2.24. The van der Waals surface area contributed by atoms with Crippen LogP contribution >= 0.6 is 11.6 Å². The van der Waals surface area contributed by atoms with E-state index in [2.05, 4.69) is 12.2 Å². The maximum Gasteiger partial charge on any atom is 0.255 e. The van der Waals surface area contributed by atoms with E-state index in [4.69, 9.17) is 22.1 Å². The Balaban J connectivity index is 2.88. The number of hydrogen-bond donors (Lipinski definition) is 2. The molecule has 0 saturated heterocycles. The normalized spacial score (nSPS) is 10.1. The minimum absolute atomic E-state index is 0.197. The summed E-state index contributed by atoms with van der Waals surface area (Å²) in [5, 5.41) is 3.16. The summed E-state index contributed by atoms with van der Waals surface area (Å²) in [7, 11) is 1.49. The van der Waals surface area contributed by atoms with Crippen LogP contribution in [0.25, 0.3) is 0 Å². The van der Waals surface area contributed by atoms with E-state index >= 15 is 0 Å². The molecule has 1 rings (SSSR count). The van der Waals surface area contributed by atoms with Gasteiger partial charge in [-0.2, -0.15) is 0 Å². The lowest BCUT2D eigenvalue weighted by molar-refractivity contribution is 0.0950. The number of unbranched alkanes of at least 4 members (excludes halogenated alkanes) is 1. The molecule has 5 heteroatoms. The number of nitrogens with one attached hydrogen (secondary N) is 1. The van der Waals surface area contributed by atoms with Crippen LogP contribution in [0.5, 0.6) is 5.75 Å². The molecule has 17 heavy (non-hydrogen) atoms. The minimum atomic E-state index is -0.197. The largest absolute Gasteiger partial charge is 0.496 e. The van der Waals surface area contributed by atoms with Crippen LogP contribution in [0.3, 0.4) is 0 Å². The second kappa shape index (κ2) is 6.35. The lowest BCUT2D eigenvalue weighted by Gasteiger charge is -2.10. The molecule has 1 aromatic carbocycles. The maximum absolute atomic E-state index is 11.9. The first-order chi connectivity index (χ1) is 8.10. The molecule has 0 aliphatic heterocycles. The van der Waals surface area contributed by atoms with Crippen LogP contribution in [0, 0.1) is 0 Å². The van der Waals surface area contributed by atoms with Crippen LogP contribution < -0.4 is 15.8 Å². The first-order valence-electron chi connectivity index (χ1n) is 5.51. The maximum atomic E-state index is 11.9. The van der Waals surface area contributed by atoms with Crippen molar-refractivity contribution in [2.75, 3.05) is 19.4 Å². The Labute approximate surface area is 106 Å². The molecular formula is C12H17ClN2O2. The third kappa shape index (κ3) is 3.53. The van der Waals surface area contributed by atoms with Crippen molar-refractivity contribution in [1.82, 2.24) is 5.32 Å². The number of anilines is 1. The molecule has 1 aromatic rings. The van der Waals surface area contributed by atoms with Gasteiger partial charge in [0.2, 0.25) is 0 Å². The number of carbonyl (C=O) groups is 1. The standard InChI is InChI=1S/C12H17ClN2O2/c1-3-4-5-15-12(16)8-6-9(13)10(14)7-11(8)17-2/h6-7H,3-5,14H2,1-2H3,(H,15,16). The van der Waals surface area contributed by atoms with Crippen LogP contribution in [-0.2, 0) is 0 Å². The number of benzene rings is 1. The highest BCUT2D eigenvalue weighted by atomic mass is 35.5. The van der Waals surface area contributed by atoms with Crippen molar-refractivity contribution in [3.8, 4) is 5.75 Å². The van der Waals surface area contributed by atoms with Crippen LogP contribution in [0.2, 0.25) is 5.02 Å². The van der Waals surface area contributed by atoms with Gasteiger partial charge in [-0.05, 0) is 12.5 Å². The molecule has 4 nitrogen and oxygen atoms in total. The van der Waals surface area contributed by atoms with Crippen LogP contribution in [0.1, 0.15) is 30.1 Å². The van der Waals surface area contributed by atoms with Gasteiger partial charge in [0.05, 0.1) is 23.4 Å². The predicted octanol–water partition coefficient (Wildman–Crippen LogP) is 2.46. The van der Waals surface area contributed by atoms with Crippen LogP contribution in [0.15, 0.2) is 12.1 Å². The number of nitrogens with two attached hydrogens (primary N) is 1. The van der Waals surface area contributed by atoms with Crippen molar-refractivity contribution in [3.05, 3.63) is 22.7 Å². The van der Waals surface area contributed by atoms with E-state index in [1.165, 1.54) is 13.2 Å². The van der Waals surface area contributed by atoms with Crippen molar-refractivity contribution in [3.63, 3.8) is 0 Å². The number of nitrogen functional groups attached to an aromatic ring is 1. The molecule has 3 N–H and O–H groups in total.